The zero-order valence-corrected chi connectivity index (χ0v) is 17.1. The second-order valence-corrected chi connectivity index (χ2v) is 5.89. The van der Waals surface area contributed by atoms with Crippen molar-refractivity contribution < 1.29 is 33.8 Å². The zero-order valence-electron chi connectivity index (χ0n) is 17.1. The van der Waals surface area contributed by atoms with E-state index in [0.717, 1.165) is 0 Å². The lowest BCUT2D eigenvalue weighted by Gasteiger charge is -2.13. The maximum atomic E-state index is 12.0. The summed E-state index contributed by atoms with van der Waals surface area (Å²) in [4.78, 5) is 23.1. The van der Waals surface area contributed by atoms with E-state index in [1.54, 1.807) is 26.0 Å². The van der Waals surface area contributed by atoms with E-state index in [-0.39, 0.29) is 34.9 Å². The van der Waals surface area contributed by atoms with Crippen molar-refractivity contribution in [2.24, 2.45) is 0 Å². The van der Waals surface area contributed by atoms with Crippen molar-refractivity contribution in [3.05, 3.63) is 51.6 Å². The van der Waals surface area contributed by atoms with Gasteiger partial charge in [0.05, 0.1) is 43.5 Å². The third-order valence-electron chi connectivity index (χ3n) is 4.12. The van der Waals surface area contributed by atoms with Gasteiger partial charge in [-0.05, 0) is 49.8 Å². The number of hydrogen-bond acceptors (Lipinski definition) is 7. The Hall–Kier alpha value is -3.75. The number of nitro groups is 1. The molecule has 0 saturated heterocycles. The number of carboxylic acids is 1. The van der Waals surface area contributed by atoms with Gasteiger partial charge in [-0.1, -0.05) is 6.07 Å². The molecule has 0 unspecified atom stereocenters. The summed E-state index contributed by atoms with van der Waals surface area (Å²) < 4.78 is 21.3. The van der Waals surface area contributed by atoms with Crippen LogP contribution in [0, 0.1) is 10.1 Å². The molecule has 30 heavy (non-hydrogen) atoms. The highest BCUT2D eigenvalue weighted by molar-refractivity contribution is 6.21. The molecule has 0 aromatic heterocycles. The Morgan fingerprint density at radius 2 is 1.67 bits per heavy atom. The number of carbonyl (C=O) groups is 1. The topological polar surface area (TPSA) is 117 Å². The smallest absolute Gasteiger partial charge is 0.336 e. The van der Waals surface area contributed by atoms with E-state index in [9.17, 15) is 20.0 Å². The van der Waals surface area contributed by atoms with E-state index in [2.05, 4.69) is 0 Å². The second kappa shape index (κ2) is 10.1. The number of rotatable bonds is 10. The molecular formula is C21H23NO8. The molecular weight excluding hydrogens is 394 g/mol. The number of nitrogens with zero attached hydrogens (tertiary/aromatic N) is 1. The third kappa shape index (κ3) is 4.80. The molecule has 0 spiro atoms. The van der Waals surface area contributed by atoms with Crippen molar-refractivity contribution in [3.8, 4) is 23.0 Å². The summed E-state index contributed by atoms with van der Waals surface area (Å²) in [6, 6.07) is 7.53. The van der Waals surface area contributed by atoms with Crippen LogP contribution in [-0.2, 0) is 4.79 Å². The SMILES string of the molecule is CCOc1cc(/C(=C\c2ccc(OC)c(OCC)c2[N+](=O)[O-])C(=O)O)ccc1OC. The van der Waals surface area contributed by atoms with Gasteiger partial charge in [0, 0.05) is 0 Å². The monoisotopic (exact) mass is 417 g/mol. The van der Waals surface area contributed by atoms with Crippen LogP contribution in [0.5, 0.6) is 23.0 Å². The second-order valence-electron chi connectivity index (χ2n) is 5.89. The van der Waals surface area contributed by atoms with Gasteiger partial charge in [-0.2, -0.15) is 0 Å². The van der Waals surface area contributed by atoms with Crippen LogP contribution >= 0.6 is 0 Å². The van der Waals surface area contributed by atoms with Crippen LogP contribution in [0.25, 0.3) is 11.6 Å². The number of ether oxygens (including phenoxy) is 4. The van der Waals surface area contributed by atoms with E-state index >= 15 is 0 Å². The first-order valence-electron chi connectivity index (χ1n) is 9.12. The summed E-state index contributed by atoms with van der Waals surface area (Å²) in [7, 11) is 2.84. The van der Waals surface area contributed by atoms with E-state index in [1.807, 2.05) is 0 Å². The highest BCUT2D eigenvalue weighted by Gasteiger charge is 2.26. The van der Waals surface area contributed by atoms with Crippen LogP contribution in [0.4, 0.5) is 5.69 Å². The lowest BCUT2D eigenvalue weighted by molar-refractivity contribution is -0.386. The van der Waals surface area contributed by atoms with E-state index in [1.165, 1.54) is 38.5 Å². The quantitative estimate of drug-likeness (QED) is 0.266. The van der Waals surface area contributed by atoms with Crippen molar-refractivity contribution in [2.45, 2.75) is 13.8 Å². The van der Waals surface area contributed by atoms with Gasteiger partial charge in [-0.15, -0.1) is 0 Å². The molecule has 0 heterocycles. The summed E-state index contributed by atoms with van der Waals surface area (Å²) in [6.07, 6.45) is 1.22. The number of carboxylic acid groups (broad SMARTS) is 1. The molecule has 9 nitrogen and oxygen atoms in total. The average Bonchev–Trinajstić information content (AvgIpc) is 2.72. The van der Waals surface area contributed by atoms with Gasteiger partial charge < -0.3 is 24.1 Å². The molecule has 0 radical (unpaired) electrons. The highest BCUT2D eigenvalue weighted by Crippen LogP contribution is 2.41. The van der Waals surface area contributed by atoms with Gasteiger partial charge in [-0.25, -0.2) is 4.79 Å². The summed E-state index contributed by atoms with van der Waals surface area (Å²) >= 11 is 0. The lowest BCUT2D eigenvalue weighted by Crippen LogP contribution is -2.04. The Labute approximate surface area is 173 Å². The Morgan fingerprint density at radius 3 is 2.20 bits per heavy atom. The van der Waals surface area contributed by atoms with Gasteiger partial charge in [0.15, 0.2) is 17.2 Å². The zero-order chi connectivity index (χ0) is 22.3. The molecule has 2 rings (SSSR count). The number of benzene rings is 2. The van der Waals surface area contributed by atoms with Crippen molar-refractivity contribution in [1.29, 1.82) is 0 Å². The number of aliphatic carboxylic acids is 1. The number of nitro benzene ring substituents is 1. The Bertz CT molecular complexity index is 968. The maximum Gasteiger partial charge on any atom is 0.336 e. The first-order valence-corrected chi connectivity index (χ1v) is 9.12. The molecule has 2 aromatic carbocycles. The van der Waals surface area contributed by atoms with Crippen LogP contribution in [0.2, 0.25) is 0 Å². The average molecular weight is 417 g/mol. The Morgan fingerprint density at radius 1 is 1.03 bits per heavy atom. The van der Waals surface area contributed by atoms with Crippen LogP contribution in [0.15, 0.2) is 30.3 Å². The van der Waals surface area contributed by atoms with Crippen molar-refractivity contribution in [2.75, 3.05) is 27.4 Å². The normalized spacial score (nSPS) is 11.0. The molecule has 1 N–H and O–H groups in total. The summed E-state index contributed by atoms with van der Waals surface area (Å²) in [5, 5.41) is 21.5. The largest absolute Gasteiger partial charge is 0.493 e. The number of methoxy groups -OCH3 is 2. The van der Waals surface area contributed by atoms with E-state index in [4.69, 9.17) is 18.9 Å². The van der Waals surface area contributed by atoms with Crippen LogP contribution in [-0.4, -0.2) is 43.4 Å². The minimum absolute atomic E-state index is 0.0618. The molecule has 0 aliphatic carbocycles. The van der Waals surface area contributed by atoms with E-state index < -0.39 is 10.9 Å². The first kappa shape index (κ1) is 22.5. The van der Waals surface area contributed by atoms with Gasteiger partial charge in [-0.3, -0.25) is 10.1 Å². The molecule has 0 aliphatic rings. The van der Waals surface area contributed by atoms with Gasteiger partial charge >= 0.3 is 11.7 Å². The molecule has 9 heteroatoms. The van der Waals surface area contributed by atoms with Crippen molar-refractivity contribution in [1.82, 2.24) is 0 Å². The standard InChI is InChI=1S/C21H23NO8/c1-5-29-18-12-13(7-9-16(18)27-3)15(21(23)24)11-14-8-10-17(28-4)20(30-6-2)19(14)22(25)26/h7-12H,5-6H2,1-4H3,(H,23,24)/b15-11+. The molecule has 0 atom stereocenters. The molecule has 160 valence electrons. The predicted molar refractivity (Wildman–Crippen MR) is 110 cm³/mol. The first-order chi connectivity index (χ1) is 14.4. The van der Waals surface area contributed by atoms with Crippen LogP contribution in [0.3, 0.4) is 0 Å². The molecule has 2 aromatic rings. The molecule has 0 bridgehead atoms. The van der Waals surface area contributed by atoms with Gasteiger partial charge in [0.1, 0.15) is 0 Å². The summed E-state index contributed by atoms with van der Waals surface area (Å²) in [5.74, 6) is -0.331. The summed E-state index contributed by atoms with van der Waals surface area (Å²) in [5.41, 5.74) is -0.173. The fraction of sp³-hybridized carbons (Fsp3) is 0.286. The minimum atomic E-state index is -1.26. The fourth-order valence-electron chi connectivity index (χ4n) is 2.85. The Kier molecular flexibility index (Phi) is 7.62. The fourth-order valence-corrected chi connectivity index (χ4v) is 2.85. The molecule has 0 amide bonds. The molecule has 0 aliphatic heterocycles. The van der Waals surface area contributed by atoms with Gasteiger partial charge in [0.2, 0.25) is 5.75 Å². The Balaban J connectivity index is 2.71. The predicted octanol–water partition coefficient (Wildman–Crippen LogP) is 4.03. The lowest BCUT2D eigenvalue weighted by atomic mass is 10.0. The van der Waals surface area contributed by atoms with Crippen molar-refractivity contribution >= 4 is 23.3 Å². The highest BCUT2D eigenvalue weighted by atomic mass is 16.6. The molecule has 0 fully saturated rings. The van der Waals surface area contributed by atoms with Crippen LogP contribution in [0.1, 0.15) is 25.0 Å². The van der Waals surface area contributed by atoms with Crippen molar-refractivity contribution in [3.63, 3.8) is 0 Å². The van der Waals surface area contributed by atoms with Crippen LogP contribution < -0.4 is 18.9 Å². The third-order valence-corrected chi connectivity index (χ3v) is 4.12. The maximum absolute atomic E-state index is 12.0. The minimum Gasteiger partial charge on any atom is -0.493 e. The molecule has 0 saturated carbocycles. The van der Waals surface area contributed by atoms with E-state index in [0.29, 0.717) is 23.7 Å². The number of hydrogen-bond donors (Lipinski definition) is 1. The summed E-state index contributed by atoms with van der Waals surface area (Å²) in [6.45, 7) is 4.00. The van der Waals surface area contributed by atoms with Gasteiger partial charge in [0.25, 0.3) is 0 Å².